The Hall–Kier alpha value is -3.08. The molecule has 1 aliphatic rings. The van der Waals surface area contributed by atoms with Crippen LogP contribution in [0.15, 0.2) is 60.7 Å². The van der Waals surface area contributed by atoms with Crippen LogP contribution in [0.5, 0.6) is 17.2 Å². The van der Waals surface area contributed by atoms with Gasteiger partial charge in [-0.25, -0.2) is 4.79 Å². The van der Waals surface area contributed by atoms with E-state index in [2.05, 4.69) is 26.0 Å². The van der Waals surface area contributed by atoms with Crippen molar-refractivity contribution in [3.63, 3.8) is 0 Å². The second kappa shape index (κ2) is 16.7. The van der Waals surface area contributed by atoms with Crippen LogP contribution in [0.3, 0.4) is 0 Å². The molecule has 2 aromatic rings. The summed E-state index contributed by atoms with van der Waals surface area (Å²) in [5.74, 6) is 1.52. The Balaban J connectivity index is 1.38. The van der Waals surface area contributed by atoms with Crippen LogP contribution in [-0.4, -0.2) is 18.5 Å². The van der Waals surface area contributed by atoms with Gasteiger partial charge in [0, 0.05) is 0 Å². The highest BCUT2D eigenvalue weighted by Crippen LogP contribution is 2.31. The molecular weight excluding hydrogens is 476 g/mol. The molecule has 0 aliphatic heterocycles. The first-order valence-electron chi connectivity index (χ1n) is 14.5. The van der Waals surface area contributed by atoms with E-state index < -0.39 is 5.97 Å². The van der Waals surface area contributed by atoms with E-state index >= 15 is 0 Å². The van der Waals surface area contributed by atoms with Crippen molar-refractivity contribution in [2.45, 2.75) is 90.9 Å². The monoisotopic (exact) mass is 520 g/mol. The number of carbonyl (C=O) groups is 2. The lowest BCUT2D eigenvalue weighted by Crippen LogP contribution is -2.25. The predicted molar refractivity (Wildman–Crippen MR) is 152 cm³/mol. The molecule has 0 saturated heterocycles. The molecule has 2 aromatic carbocycles. The van der Waals surface area contributed by atoms with Crippen LogP contribution in [0.25, 0.3) is 0 Å². The average Bonchev–Trinajstić information content (AvgIpc) is 2.94. The molecule has 3 rings (SSSR count). The van der Waals surface area contributed by atoms with Gasteiger partial charge in [-0.1, -0.05) is 64.5 Å². The van der Waals surface area contributed by atoms with Gasteiger partial charge in [0.15, 0.2) is 0 Å². The maximum Gasteiger partial charge on any atom is 0.343 e. The van der Waals surface area contributed by atoms with Crippen molar-refractivity contribution in [1.29, 1.82) is 0 Å². The minimum atomic E-state index is -0.443. The maximum absolute atomic E-state index is 12.6. The van der Waals surface area contributed by atoms with Gasteiger partial charge >= 0.3 is 11.9 Å². The number of ether oxygens (including phenoxy) is 3. The standard InChI is InChI=1S/C33H44O5/c1-3-5-7-8-9-11-25-36-29-19-17-28(18-20-29)33(35)38-31-23-21-30(22-24-31)37-32(34)27-15-13-26(14-16-27)12-10-6-4-2/h10,12,17-24,26-27H,3-9,11,13-16,25H2,1-2H3. The van der Waals surface area contributed by atoms with Crippen molar-refractivity contribution in [1.82, 2.24) is 0 Å². The van der Waals surface area contributed by atoms with E-state index in [0.717, 1.165) is 50.7 Å². The van der Waals surface area contributed by atoms with E-state index in [0.29, 0.717) is 29.6 Å². The van der Waals surface area contributed by atoms with Gasteiger partial charge in [-0.05, 0) is 93.0 Å². The first-order chi connectivity index (χ1) is 18.6. The highest BCUT2D eigenvalue weighted by Gasteiger charge is 2.26. The summed E-state index contributed by atoms with van der Waals surface area (Å²) in [6, 6.07) is 13.6. The number of hydrogen-bond acceptors (Lipinski definition) is 5. The van der Waals surface area contributed by atoms with Crippen LogP contribution in [0.1, 0.15) is 101 Å². The fraction of sp³-hybridized carbons (Fsp3) is 0.515. The highest BCUT2D eigenvalue weighted by molar-refractivity contribution is 5.91. The SMILES string of the molecule is CCCC=CC1CCC(C(=O)Oc2ccc(OC(=O)c3ccc(OCCCCCCCC)cc3)cc2)CC1. The molecule has 0 spiro atoms. The first kappa shape index (κ1) is 29.5. The van der Waals surface area contributed by atoms with E-state index in [1.165, 1.54) is 32.1 Å². The van der Waals surface area contributed by atoms with Crippen LogP contribution in [-0.2, 0) is 4.79 Å². The molecule has 0 radical (unpaired) electrons. The summed E-state index contributed by atoms with van der Waals surface area (Å²) in [5, 5.41) is 0. The molecular formula is C33H44O5. The molecule has 38 heavy (non-hydrogen) atoms. The summed E-state index contributed by atoms with van der Waals surface area (Å²) >= 11 is 0. The fourth-order valence-corrected chi connectivity index (χ4v) is 4.70. The summed E-state index contributed by atoms with van der Waals surface area (Å²) < 4.78 is 16.9. The van der Waals surface area contributed by atoms with Crippen LogP contribution in [0.2, 0.25) is 0 Å². The predicted octanol–water partition coefficient (Wildman–Crippen LogP) is 8.71. The number of allylic oxidation sites excluding steroid dienone is 2. The molecule has 0 heterocycles. The Labute approximate surface area is 228 Å². The van der Waals surface area contributed by atoms with E-state index in [1.54, 1.807) is 48.5 Å². The Morgan fingerprint density at radius 2 is 1.34 bits per heavy atom. The summed E-state index contributed by atoms with van der Waals surface area (Å²) in [5.41, 5.74) is 0.451. The van der Waals surface area contributed by atoms with Crippen molar-refractivity contribution >= 4 is 11.9 Å². The van der Waals surface area contributed by atoms with Crippen LogP contribution < -0.4 is 14.2 Å². The lowest BCUT2D eigenvalue weighted by Gasteiger charge is -2.25. The van der Waals surface area contributed by atoms with Crippen LogP contribution in [0.4, 0.5) is 0 Å². The second-order valence-corrected chi connectivity index (χ2v) is 10.3. The summed E-state index contributed by atoms with van der Waals surface area (Å²) in [6.45, 7) is 5.09. The van der Waals surface area contributed by atoms with Gasteiger partial charge in [-0.2, -0.15) is 0 Å². The van der Waals surface area contributed by atoms with Gasteiger partial charge in [0.1, 0.15) is 17.2 Å². The molecule has 0 amide bonds. The zero-order valence-electron chi connectivity index (χ0n) is 23.2. The van der Waals surface area contributed by atoms with Crippen LogP contribution >= 0.6 is 0 Å². The summed E-state index contributed by atoms with van der Waals surface area (Å²) in [7, 11) is 0. The van der Waals surface area contributed by atoms with Gasteiger partial charge < -0.3 is 14.2 Å². The first-order valence-corrected chi connectivity index (χ1v) is 14.5. The van der Waals surface area contributed by atoms with Gasteiger partial charge in [-0.15, -0.1) is 0 Å². The van der Waals surface area contributed by atoms with Gasteiger partial charge in [0.05, 0.1) is 18.1 Å². The smallest absolute Gasteiger partial charge is 0.343 e. The van der Waals surface area contributed by atoms with Crippen LogP contribution in [0, 0.1) is 11.8 Å². The van der Waals surface area contributed by atoms with Crippen molar-refractivity contribution in [2.24, 2.45) is 11.8 Å². The third-order valence-corrected chi connectivity index (χ3v) is 7.08. The molecule has 1 saturated carbocycles. The number of hydrogen-bond donors (Lipinski definition) is 0. The molecule has 0 aromatic heterocycles. The van der Waals surface area contributed by atoms with Gasteiger partial charge in [0.2, 0.25) is 0 Å². The third kappa shape index (κ3) is 10.4. The Morgan fingerprint density at radius 3 is 2.00 bits per heavy atom. The lowest BCUT2D eigenvalue weighted by atomic mass is 9.82. The maximum atomic E-state index is 12.6. The van der Waals surface area contributed by atoms with E-state index in [-0.39, 0.29) is 11.9 Å². The zero-order chi connectivity index (χ0) is 27.0. The lowest BCUT2D eigenvalue weighted by molar-refractivity contribution is -0.140. The van der Waals surface area contributed by atoms with Crippen molar-refractivity contribution in [2.75, 3.05) is 6.61 Å². The minimum absolute atomic E-state index is 0.0546. The van der Waals surface area contributed by atoms with Gasteiger partial charge in [0.25, 0.3) is 0 Å². The summed E-state index contributed by atoms with van der Waals surface area (Å²) in [4.78, 5) is 25.1. The molecule has 5 nitrogen and oxygen atoms in total. The second-order valence-electron chi connectivity index (χ2n) is 10.3. The molecule has 5 heteroatoms. The molecule has 0 N–H and O–H groups in total. The fourth-order valence-electron chi connectivity index (χ4n) is 4.70. The highest BCUT2D eigenvalue weighted by atomic mass is 16.5. The number of rotatable bonds is 15. The largest absolute Gasteiger partial charge is 0.494 e. The Kier molecular flexibility index (Phi) is 13.0. The number of esters is 2. The number of carbonyl (C=O) groups excluding carboxylic acids is 2. The molecule has 0 atom stereocenters. The van der Waals surface area contributed by atoms with Crippen molar-refractivity contribution in [3.05, 3.63) is 66.2 Å². The van der Waals surface area contributed by atoms with Gasteiger partial charge in [-0.3, -0.25) is 4.79 Å². The Bertz CT molecular complexity index is 985. The quantitative estimate of drug-likeness (QED) is 0.102. The molecule has 0 unspecified atom stereocenters. The zero-order valence-corrected chi connectivity index (χ0v) is 23.2. The topological polar surface area (TPSA) is 61.8 Å². The summed E-state index contributed by atoms with van der Waals surface area (Å²) in [6.07, 6.45) is 18.0. The molecule has 1 fully saturated rings. The molecule has 1 aliphatic carbocycles. The van der Waals surface area contributed by atoms with Crippen molar-refractivity contribution in [3.8, 4) is 17.2 Å². The minimum Gasteiger partial charge on any atom is -0.494 e. The number of benzene rings is 2. The Morgan fingerprint density at radius 1 is 0.737 bits per heavy atom. The van der Waals surface area contributed by atoms with E-state index in [4.69, 9.17) is 14.2 Å². The normalized spacial score (nSPS) is 17.3. The molecule has 0 bridgehead atoms. The van der Waals surface area contributed by atoms with E-state index in [9.17, 15) is 9.59 Å². The average molecular weight is 521 g/mol. The van der Waals surface area contributed by atoms with Crippen molar-refractivity contribution < 1.29 is 23.8 Å². The van der Waals surface area contributed by atoms with E-state index in [1.807, 2.05) is 0 Å². The molecule has 206 valence electrons. The third-order valence-electron chi connectivity index (χ3n) is 7.08. The number of unbranched alkanes of at least 4 members (excludes halogenated alkanes) is 6.